The van der Waals surface area contributed by atoms with Crippen LogP contribution in [0, 0.1) is 20.8 Å². The second kappa shape index (κ2) is 13.1. The number of alkyl carbamates (subject to hydrolysis) is 1. The fourth-order valence-corrected chi connectivity index (χ4v) is 4.02. The third-order valence-electron chi connectivity index (χ3n) is 5.93. The Balaban J connectivity index is 2.45. The maximum absolute atomic E-state index is 13.8. The number of rotatable bonds is 10. The highest BCUT2D eigenvalue weighted by Crippen LogP contribution is 2.29. The van der Waals surface area contributed by atoms with Gasteiger partial charge in [-0.25, -0.2) is 4.79 Å². The molecule has 1 atom stereocenters. The Morgan fingerprint density at radius 1 is 1.00 bits per heavy atom. The number of ether oxygens (including phenoxy) is 1. The molecule has 2 rings (SSSR count). The van der Waals surface area contributed by atoms with Crippen molar-refractivity contribution < 1.29 is 24.2 Å². The van der Waals surface area contributed by atoms with Gasteiger partial charge in [0.05, 0.1) is 0 Å². The number of aromatic hydroxyl groups is 1. The predicted molar refractivity (Wildman–Crippen MR) is 146 cm³/mol. The quantitative estimate of drug-likeness (QED) is 0.363. The SMILES string of the molecule is CCCCCN(C(=O)CNC(=O)OC(C)(C)C)C(C(=O)Nc1c(C)cccc1C)c1ccc(O)c(C)c1. The first-order valence-corrected chi connectivity index (χ1v) is 12.8. The number of benzene rings is 2. The van der Waals surface area contributed by atoms with Crippen molar-refractivity contribution in [2.24, 2.45) is 0 Å². The molecule has 37 heavy (non-hydrogen) atoms. The second-order valence-electron chi connectivity index (χ2n) is 10.4. The van der Waals surface area contributed by atoms with Gasteiger partial charge in [-0.2, -0.15) is 0 Å². The highest BCUT2D eigenvalue weighted by Gasteiger charge is 2.32. The highest BCUT2D eigenvalue weighted by molar-refractivity contribution is 5.99. The van der Waals surface area contributed by atoms with Crippen LogP contribution >= 0.6 is 0 Å². The normalized spacial score (nSPS) is 12.0. The molecule has 0 aliphatic carbocycles. The van der Waals surface area contributed by atoms with E-state index in [1.54, 1.807) is 39.8 Å². The van der Waals surface area contributed by atoms with E-state index >= 15 is 0 Å². The standard InChI is InChI=1S/C29H41N3O5/c1-8-9-10-16-32(24(34)18-30-28(36)37-29(5,6)7)26(22-14-15-23(33)21(4)17-22)27(35)31-25-19(2)12-11-13-20(25)3/h11-15,17,26,33H,8-10,16,18H2,1-7H3,(H,30,36)(H,31,35). The molecule has 0 fully saturated rings. The molecule has 0 aliphatic rings. The topological polar surface area (TPSA) is 108 Å². The number of phenols is 1. The Morgan fingerprint density at radius 2 is 1.65 bits per heavy atom. The van der Waals surface area contributed by atoms with Crippen molar-refractivity contribution in [3.8, 4) is 5.75 Å². The number of nitrogens with one attached hydrogen (secondary N) is 2. The molecule has 0 heterocycles. The zero-order valence-electron chi connectivity index (χ0n) is 23.1. The van der Waals surface area contributed by atoms with Crippen LogP contribution in [0.25, 0.3) is 0 Å². The summed E-state index contributed by atoms with van der Waals surface area (Å²) in [4.78, 5) is 41.0. The Kier molecular flexibility index (Phi) is 10.5. The van der Waals surface area contributed by atoms with Crippen LogP contribution in [0.2, 0.25) is 0 Å². The van der Waals surface area contributed by atoms with E-state index in [2.05, 4.69) is 17.6 Å². The van der Waals surface area contributed by atoms with E-state index in [1.807, 2.05) is 32.0 Å². The van der Waals surface area contributed by atoms with Gasteiger partial charge in [-0.05, 0) is 82.3 Å². The highest BCUT2D eigenvalue weighted by atomic mass is 16.6. The summed E-state index contributed by atoms with van der Waals surface area (Å²) in [6, 6.07) is 9.67. The number of hydrogen-bond acceptors (Lipinski definition) is 5. The fraction of sp³-hybridized carbons (Fsp3) is 0.483. The summed E-state index contributed by atoms with van der Waals surface area (Å²) in [5.41, 5.74) is 2.97. The van der Waals surface area contributed by atoms with Crippen molar-refractivity contribution in [3.63, 3.8) is 0 Å². The van der Waals surface area contributed by atoms with Crippen LogP contribution in [-0.2, 0) is 14.3 Å². The Labute approximate surface area is 220 Å². The number of amides is 3. The molecule has 202 valence electrons. The average molecular weight is 512 g/mol. The third-order valence-corrected chi connectivity index (χ3v) is 5.93. The lowest BCUT2D eigenvalue weighted by Gasteiger charge is -2.32. The van der Waals surface area contributed by atoms with Gasteiger partial charge in [0, 0.05) is 12.2 Å². The third kappa shape index (κ3) is 8.81. The van der Waals surface area contributed by atoms with Crippen LogP contribution in [0.5, 0.6) is 5.75 Å². The first-order valence-electron chi connectivity index (χ1n) is 12.8. The van der Waals surface area contributed by atoms with E-state index in [4.69, 9.17) is 4.74 Å². The molecule has 3 N–H and O–H groups in total. The van der Waals surface area contributed by atoms with Gasteiger partial charge in [0.15, 0.2) is 0 Å². The van der Waals surface area contributed by atoms with E-state index in [9.17, 15) is 19.5 Å². The van der Waals surface area contributed by atoms with Crippen LogP contribution in [0.3, 0.4) is 0 Å². The van der Waals surface area contributed by atoms with Crippen molar-refractivity contribution in [1.82, 2.24) is 10.2 Å². The number of phenolic OH excluding ortho intramolecular Hbond substituents is 1. The van der Waals surface area contributed by atoms with Gasteiger partial charge in [-0.1, -0.05) is 44.0 Å². The summed E-state index contributed by atoms with van der Waals surface area (Å²) >= 11 is 0. The molecular weight excluding hydrogens is 470 g/mol. The monoisotopic (exact) mass is 511 g/mol. The van der Waals surface area contributed by atoms with Crippen LogP contribution < -0.4 is 10.6 Å². The average Bonchev–Trinajstić information content (AvgIpc) is 2.80. The molecule has 0 radical (unpaired) electrons. The lowest BCUT2D eigenvalue weighted by atomic mass is 10.00. The minimum Gasteiger partial charge on any atom is -0.508 e. The lowest BCUT2D eigenvalue weighted by molar-refractivity contribution is -0.138. The Hall–Kier alpha value is -3.55. The molecule has 0 saturated carbocycles. The summed E-state index contributed by atoms with van der Waals surface area (Å²) in [6.07, 6.45) is 1.81. The van der Waals surface area contributed by atoms with Crippen LogP contribution in [-0.4, -0.2) is 46.6 Å². The van der Waals surface area contributed by atoms with E-state index in [-0.39, 0.29) is 18.2 Å². The minimum absolute atomic E-state index is 0.105. The summed E-state index contributed by atoms with van der Waals surface area (Å²) < 4.78 is 5.27. The maximum Gasteiger partial charge on any atom is 0.408 e. The van der Waals surface area contributed by atoms with Crippen molar-refractivity contribution in [1.29, 1.82) is 0 Å². The summed E-state index contributed by atoms with van der Waals surface area (Å²) in [5.74, 6) is -0.674. The fourth-order valence-electron chi connectivity index (χ4n) is 4.02. The molecule has 0 spiro atoms. The molecule has 0 bridgehead atoms. The van der Waals surface area contributed by atoms with Crippen LogP contribution in [0.15, 0.2) is 36.4 Å². The van der Waals surface area contributed by atoms with E-state index < -0.39 is 23.6 Å². The number of para-hydroxylation sites is 1. The summed E-state index contributed by atoms with van der Waals surface area (Å²) in [7, 11) is 0. The first-order chi connectivity index (χ1) is 17.3. The van der Waals surface area contributed by atoms with Crippen molar-refractivity contribution in [2.45, 2.75) is 79.4 Å². The Bertz CT molecular complexity index is 1090. The molecule has 3 amide bonds. The molecule has 8 heteroatoms. The largest absolute Gasteiger partial charge is 0.508 e. The molecule has 0 aromatic heterocycles. The van der Waals surface area contributed by atoms with E-state index in [0.717, 1.165) is 24.0 Å². The van der Waals surface area contributed by atoms with E-state index in [1.165, 1.54) is 11.0 Å². The number of aryl methyl sites for hydroxylation is 3. The summed E-state index contributed by atoms with van der Waals surface area (Å²) in [6.45, 7) is 12.9. The molecule has 1 unspecified atom stereocenters. The smallest absolute Gasteiger partial charge is 0.408 e. The lowest BCUT2D eigenvalue weighted by Crippen LogP contribution is -2.47. The van der Waals surface area contributed by atoms with Crippen molar-refractivity contribution in [3.05, 3.63) is 58.7 Å². The molecule has 8 nitrogen and oxygen atoms in total. The van der Waals surface area contributed by atoms with Gasteiger partial charge < -0.3 is 25.4 Å². The second-order valence-corrected chi connectivity index (χ2v) is 10.4. The molecule has 0 saturated heterocycles. The van der Waals surface area contributed by atoms with Gasteiger partial charge in [0.25, 0.3) is 5.91 Å². The molecule has 2 aromatic rings. The summed E-state index contributed by atoms with van der Waals surface area (Å²) in [5, 5.41) is 15.6. The van der Waals surface area contributed by atoms with Crippen molar-refractivity contribution >= 4 is 23.6 Å². The minimum atomic E-state index is -0.969. The Morgan fingerprint density at radius 3 is 2.22 bits per heavy atom. The number of carbonyl (C=O) groups excluding carboxylic acids is 3. The maximum atomic E-state index is 13.8. The van der Waals surface area contributed by atoms with Crippen molar-refractivity contribution in [2.75, 3.05) is 18.4 Å². The van der Waals surface area contributed by atoms with Gasteiger partial charge in [-0.3, -0.25) is 9.59 Å². The molecular formula is C29H41N3O5. The zero-order chi connectivity index (χ0) is 27.8. The number of carbonyl (C=O) groups is 3. The molecule has 0 aliphatic heterocycles. The van der Waals surface area contributed by atoms with Crippen LogP contribution in [0.1, 0.15) is 75.3 Å². The number of nitrogens with zero attached hydrogens (tertiary/aromatic N) is 1. The van der Waals surface area contributed by atoms with E-state index in [0.29, 0.717) is 29.8 Å². The molecule has 2 aromatic carbocycles. The number of unbranched alkanes of at least 4 members (excludes halogenated alkanes) is 2. The van der Waals surface area contributed by atoms with Gasteiger partial charge in [0.1, 0.15) is 23.9 Å². The predicted octanol–water partition coefficient (Wildman–Crippen LogP) is 5.54. The van der Waals surface area contributed by atoms with Gasteiger partial charge >= 0.3 is 6.09 Å². The first kappa shape index (κ1) is 29.7. The number of anilines is 1. The zero-order valence-corrected chi connectivity index (χ0v) is 23.1. The number of hydrogen-bond donors (Lipinski definition) is 3. The van der Waals surface area contributed by atoms with Gasteiger partial charge in [-0.15, -0.1) is 0 Å². The van der Waals surface area contributed by atoms with Crippen LogP contribution in [0.4, 0.5) is 10.5 Å². The van der Waals surface area contributed by atoms with Gasteiger partial charge in [0.2, 0.25) is 5.91 Å².